The standard InChI is InChI=1S/C24H22N2S/c1-18-12-14-20(15-13-18)23(19-8-4-2-5-9-19)25-16-22-17-27-24(26-22)21-10-6-3-7-11-21/h2-15,17,23,25H,16H2,1H3/t23-/m1/s1. The van der Waals surface area contributed by atoms with Gasteiger partial charge < -0.3 is 5.32 Å². The summed E-state index contributed by atoms with van der Waals surface area (Å²) < 4.78 is 0. The predicted octanol–water partition coefficient (Wildman–Crippen LogP) is 6.00. The third-order valence-electron chi connectivity index (χ3n) is 4.60. The second-order valence-electron chi connectivity index (χ2n) is 6.65. The zero-order valence-corrected chi connectivity index (χ0v) is 16.1. The highest BCUT2D eigenvalue weighted by atomic mass is 32.1. The maximum absolute atomic E-state index is 4.81. The topological polar surface area (TPSA) is 24.9 Å². The highest BCUT2D eigenvalue weighted by molar-refractivity contribution is 7.13. The van der Waals surface area contributed by atoms with Gasteiger partial charge in [0.2, 0.25) is 0 Å². The summed E-state index contributed by atoms with van der Waals surface area (Å²) >= 11 is 1.70. The van der Waals surface area contributed by atoms with Crippen LogP contribution in [-0.4, -0.2) is 4.98 Å². The molecule has 2 nitrogen and oxygen atoms in total. The molecule has 0 radical (unpaired) electrons. The first kappa shape index (κ1) is 17.7. The Morgan fingerprint density at radius 3 is 2.15 bits per heavy atom. The van der Waals surface area contributed by atoms with Gasteiger partial charge in [-0.1, -0.05) is 90.5 Å². The second-order valence-corrected chi connectivity index (χ2v) is 7.50. The van der Waals surface area contributed by atoms with Crippen LogP contribution >= 0.6 is 11.3 Å². The van der Waals surface area contributed by atoms with Crippen LogP contribution in [0.15, 0.2) is 90.3 Å². The molecule has 0 bridgehead atoms. The zero-order valence-electron chi connectivity index (χ0n) is 15.3. The van der Waals surface area contributed by atoms with Crippen molar-refractivity contribution in [2.45, 2.75) is 19.5 Å². The monoisotopic (exact) mass is 370 g/mol. The normalized spacial score (nSPS) is 12.0. The maximum atomic E-state index is 4.81. The molecule has 0 spiro atoms. The van der Waals surface area contributed by atoms with Crippen molar-refractivity contribution in [1.82, 2.24) is 10.3 Å². The van der Waals surface area contributed by atoms with Crippen LogP contribution in [-0.2, 0) is 6.54 Å². The number of aryl methyl sites for hydroxylation is 1. The predicted molar refractivity (Wildman–Crippen MR) is 114 cm³/mol. The lowest BCUT2D eigenvalue weighted by Crippen LogP contribution is -2.22. The fourth-order valence-electron chi connectivity index (χ4n) is 3.14. The molecule has 4 aromatic rings. The summed E-state index contributed by atoms with van der Waals surface area (Å²) in [5.74, 6) is 0. The summed E-state index contributed by atoms with van der Waals surface area (Å²) in [6, 6.07) is 29.8. The van der Waals surface area contributed by atoms with Gasteiger partial charge in [0, 0.05) is 17.5 Å². The SMILES string of the molecule is Cc1ccc([C@H](NCc2csc(-c3ccccc3)n2)c2ccccc2)cc1. The summed E-state index contributed by atoms with van der Waals surface area (Å²) in [5, 5.41) is 6.91. The van der Waals surface area contributed by atoms with Crippen LogP contribution in [0.4, 0.5) is 0 Å². The molecule has 1 N–H and O–H groups in total. The maximum Gasteiger partial charge on any atom is 0.123 e. The number of hydrogen-bond donors (Lipinski definition) is 1. The minimum atomic E-state index is 0.147. The molecule has 3 heteroatoms. The minimum absolute atomic E-state index is 0.147. The van der Waals surface area contributed by atoms with Gasteiger partial charge in [0.1, 0.15) is 5.01 Å². The average molecular weight is 371 g/mol. The van der Waals surface area contributed by atoms with E-state index < -0.39 is 0 Å². The summed E-state index contributed by atoms with van der Waals surface area (Å²) in [4.78, 5) is 4.81. The largest absolute Gasteiger partial charge is 0.301 e. The molecule has 0 aliphatic carbocycles. The Hall–Kier alpha value is -2.75. The third kappa shape index (κ3) is 4.33. The van der Waals surface area contributed by atoms with E-state index in [4.69, 9.17) is 4.98 Å². The van der Waals surface area contributed by atoms with Gasteiger partial charge in [-0.15, -0.1) is 11.3 Å². The first-order chi connectivity index (χ1) is 13.3. The van der Waals surface area contributed by atoms with Gasteiger partial charge in [0.15, 0.2) is 0 Å². The molecule has 0 aliphatic heterocycles. The fraction of sp³-hybridized carbons (Fsp3) is 0.125. The molecule has 1 heterocycles. The van der Waals surface area contributed by atoms with Crippen LogP contribution in [0.1, 0.15) is 28.4 Å². The van der Waals surface area contributed by atoms with Gasteiger partial charge in [-0.3, -0.25) is 0 Å². The molecule has 0 fully saturated rings. The van der Waals surface area contributed by atoms with E-state index in [1.54, 1.807) is 11.3 Å². The van der Waals surface area contributed by atoms with Crippen LogP contribution in [0, 0.1) is 6.92 Å². The van der Waals surface area contributed by atoms with Crippen molar-refractivity contribution < 1.29 is 0 Å². The summed E-state index contributed by atoms with van der Waals surface area (Å²) in [5.41, 5.74) is 6.06. The van der Waals surface area contributed by atoms with Crippen LogP contribution in [0.5, 0.6) is 0 Å². The number of thiazole rings is 1. The molecule has 1 aromatic heterocycles. The van der Waals surface area contributed by atoms with E-state index in [-0.39, 0.29) is 6.04 Å². The number of nitrogens with zero attached hydrogens (tertiary/aromatic N) is 1. The lowest BCUT2D eigenvalue weighted by atomic mass is 9.98. The van der Waals surface area contributed by atoms with Crippen LogP contribution < -0.4 is 5.32 Å². The Balaban J connectivity index is 1.54. The van der Waals surface area contributed by atoms with E-state index in [0.29, 0.717) is 0 Å². The Bertz CT molecular complexity index is 976. The zero-order chi connectivity index (χ0) is 18.5. The molecule has 0 aliphatic rings. The van der Waals surface area contributed by atoms with E-state index in [0.717, 1.165) is 17.2 Å². The molecular weight excluding hydrogens is 348 g/mol. The van der Waals surface area contributed by atoms with Gasteiger partial charge in [0.25, 0.3) is 0 Å². The first-order valence-electron chi connectivity index (χ1n) is 9.14. The molecule has 1 atom stereocenters. The van der Waals surface area contributed by atoms with Gasteiger partial charge in [-0.2, -0.15) is 0 Å². The van der Waals surface area contributed by atoms with Crippen molar-refractivity contribution in [2.24, 2.45) is 0 Å². The number of rotatable bonds is 6. The fourth-order valence-corrected chi connectivity index (χ4v) is 3.97. The molecule has 0 unspecified atom stereocenters. The molecular formula is C24H22N2S. The Morgan fingerprint density at radius 2 is 1.44 bits per heavy atom. The third-order valence-corrected chi connectivity index (χ3v) is 5.54. The van der Waals surface area contributed by atoms with E-state index in [9.17, 15) is 0 Å². The Morgan fingerprint density at radius 1 is 0.815 bits per heavy atom. The minimum Gasteiger partial charge on any atom is -0.301 e. The highest BCUT2D eigenvalue weighted by Gasteiger charge is 2.14. The molecule has 0 amide bonds. The number of aromatic nitrogens is 1. The first-order valence-corrected chi connectivity index (χ1v) is 10.0. The van der Waals surface area contributed by atoms with Crippen LogP contribution in [0.25, 0.3) is 10.6 Å². The van der Waals surface area contributed by atoms with Crippen molar-refractivity contribution in [2.75, 3.05) is 0 Å². The van der Waals surface area contributed by atoms with Crippen molar-refractivity contribution in [3.63, 3.8) is 0 Å². The highest BCUT2D eigenvalue weighted by Crippen LogP contribution is 2.25. The van der Waals surface area contributed by atoms with Crippen LogP contribution in [0.2, 0.25) is 0 Å². The summed E-state index contributed by atoms with van der Waals surface area (Å²) in [6.07, 6.45) is 0. The number of hydrogen-bond acceptors (Lipinski definition) is 3. The number of nitrogens with one attached hydrogen (secondary N) is 1. The van der Waals surface area contributed by atoms with Gasteiger partial charge in [-0.25, -0.2) is 4.98 Å². The molecule has 0 saturated carbocycles. The van der Waals surface area contributed by atoms with Crippen molar-refractivity contribution in [3.8, 4) is 10.6 Å². The molecule has 3 aromatic carbocycles. The lowest BCUT2D eigenvalue weighted by Gasteiger charge is -2.19. The summed E-state index contributed by atoms with van der Waals surface area (Å²) in [6.45, 7) is 2.85. The molecule has 4 rings (SSSR count). The molecule has 134 valence electrons. The van der Waals surface area contributed by atoms with E-state index in [1.807, 2.05) is 6.07 Å². The quantitative estimate of drug-likeness (QED) is 0.450. The lowest BCUT2D eigenvalue weighted by molar-refractivity contribution is 0.599. The van der Waals surface area contributed by atoms with Crippen molar-refractivity contribution in [3.05, 3.63) is 113 Å². The average Bonchev–Trinajstić information content (AvgIpc) is 3.20. The van der Waals surface area contributed by atoms with Crippen molar-refractivity contribution in [1.29, 1.82) is 0 Å². The van der Waals surface area contributed by atoms with E-state index in [2.05, 4.69) is 96.5 Å². The van der Waals surface area contributed by atoms with E-state index >= 15 is 0 Å². The summed E-state index contributed by atoms with van der Waals surface area (Å²) in [7, 11) is 0. The Kier molecular flexibility index (Phi) is 5.42. The van der Waals surface area contributed by atoms with Crippen LogP contribution in [0.3, 0.4) is 0 Å². The smallest absolute Gasteiger partial charge is 0.123 e. The molecule has 27 heavy (non-hydrogen) atoms. The van der Waals surface area contributed by atoms with Gasteiger partial charge >= 0.3 is 0 Å². The van der Waals surface area contributed by atoms with Gasteiger partial charge in [0.05, 0.1) is 11.7 Å². The van der Waals surface area contributed by atoms with Crippen molar-refractivity contribution >= 4 is 11.3 Å². The van der Waals surface area contributed by atoms with E-state index in [1.165, 1.54) is 22.3 Å². The Labute approximate surface area is 164 Å². The number of benzene rings is 3. The van der Waals surface area contributed by atoms with Gasteiger partial charge in [-0.05, 0) is 18.1 Å². The second kappa shape index (κ2) is 8.30. The molecule has 0 saturated heterocycles.